The van der Waals surface area contributed by atoms with E-state index in [0.29, 0.717) is 17.0 Å². The van der Waals surface area contributed by atoms with Crippen molar-refractivity contribution >= 4 is 22.6 Å². The standard InChI is InChI=1S/C27H20N6/c1-17-11-12-24(31-16-17)26-9-4-7-21(32-26)18-14-19(27(29)20(28)15-18)22-8-5-10-25(33-22)23-6-2-3-13-30-23/h2-16,28-29H,1H3. The summed E-state index contributed by atoms with van der Waals surface area (Å²) in [6.45, 7) is 2.00. The maximum Gasteiger partial charge on any atom is 0.0893 e. The molecule has 1 aliphatic rings. The van der Waals surface area contributed by atoms with Crippen LogP contribution in [0.25, 0.3) is 33.9 Å². The van der Waals surface area contributed by atoms with Crippen LogP contribution in [0, 0.1) is 17.7 Å². The maximum atomic E-state index is 8.49. The average molecular weight is 428 g/mol. The number of pyridine rings is 4. The fraction of sp³-hybridized carbons (Fsp3) is 0.0370. The molecule has 0 spiro atoms. The average Bonchev–Trinajstić information content (AvgIpc) is 2.87. The largest absolute Gasteiger partial charge is 0.299 e. The molecule has 158 valence electrons. The number of allylic oxidation sites excluding steroid dienone is 4. The Morgan fingerprint density at radius 2 is 1.27 bits per heavy atom. The van der Waals surface area contributed by atoms with Gasteiger partial charge in [-0.15, -0.1) is 0 Å². The Hall–Kier alpha value is -4.58. The predicted octanol–water partition coefficient (Wildman–Crippen LogP) is 5.43. The first-order valence-corrected chi connectivity index (χ1v) is 10.5. The highest BCUT2D eigenvalue weighted by molar-refractivity contribution is 6.61. The van der Waals surface area contributed by atoms with Crippen molar-refractivity contribution in [3.8, 4) is 22.8 Å². The van der Waals surface area contributed by atoms with Crippen LogP contribution in [-0.4, -0.2) is 31.4 Å². The number of nitrogens with one attached hydrogen (secondary N) is 2. The molecule has 0 saturated heterocycles. The van der Waals surface area contributed by atoms with E-state index in [1.807, 2.05) is 85.9 Å². The van der Waals surface area contributed by atoms with Crippen LogP contribution in [0.5, 0.6) is 0 Å². The zero-order valence-electron chi connectivity index (χ0n) is 17.9. The first-order valence-electron chi connectivity index (χ1n) is 10.5. The van der Waals surface area contributed by atoms with Gasteiger partial charge in [-0.05, 0) is 67.1 Å². The van der Waals surface area contributed by atoms with Gasteiger partial charge < -0.3 is 0 Å². The number of aryl methyl sites for hydroxylation is 1. The molecule has 0 unspecified atom stereocenters. The van der Waals surface area contributed by atoms with Gasteiger partial charge in [0, 0.05) is 23.5 Å². The summed E-state index contributed by atoms with van der Waals surface area (Å²) in [5.74, 6) is 0. The monoisotopic (exact) mass is 428 g/mol. The molecule has 4 aromatic heterocycles. The molecule has 4 heterocycles. The minimum Gasteiger partial charge on any atom is -0.299 e. The highest BCUT2D eigenvalue weighted by Gasteiger charge is 2.21. The first kappa shape index (κ1) is 20.3. The van der Waals surface area contributed by atoms with Gasteiger partial charge in [0.25, 0.3) is 0 Å². The molecule has 0 amide bonds. The summed E-state index contributed by atoms with van der Waals surface area (Å²) in [7, 11) is 0. The summed E-state index contributed by atoms with van der Waals surface area (Å²) in [5, 5.41) is 16.9. The van der Waals surface area contributed by atoms with Crippen molar-refractivity contribution < 1.29 is 0 Å². The van der Waals surface area contributed by atoms with Gasteiger partial charge >= 0.3 is 0 Å². The Morgan fingerprint density at radius 3 is 1.97 bits per heavy atom. The van der Waals surface area contributed by atoms with Crippen LogP contribution in [0.4, 0.5) is 0 Å². The summed E-state index contributed by atoms with van der Waals surface area (Å²) < 4.78 is 0. The summed E-state index contributed by atoms with van der Waals surface area (Å²) in [4.78, 5) is 18.3. The summed E-state index contributed by atoms with van der Waals surface area (Å²) >= 11 is 0. The topological polar surface area (TPSA) is 99.3 Å². The van der Waals surface area contributed by atoms with Crippen molar-refractivity contribution in [2.24, 2.45) is 0 Å². The highest BCUT2D eigenvalue weighted by Crippen LogP contribution is 2.28. The SMILES string of the molecule is Cc1ccc(-c2cccc(C3=CC(=N)C(=N)C(c4cccc(-c5ccccn5)n4)=C3)n2)nc1. The van der Waals surface area contributed by atoms with Gasteiger partial charge in [0.15, 0.2) is 0 Å². The van der Waals surface area contributed by atoms with Crippen LogP contribution in [0.2, 0.25) is 0 Å². The molecule has 0 aromatic carbocycles. The maximum absolute atomic E-state index is 8.49. The van der Waals surface area contributed by atoms with Gasteiger partial charge in [-0.25, -0.2) is 9.97 Å². The number of hydrogen-bond acceptors (Lipinski definition) is 6. The molecular weight excluding hydrogens is 408 g/mol. The van der Waals surface area contributed by atoms with Crippen molar-refractivity contribution in [1.82, 2.24) is 19.9 Å². The zero-order chi connectivity index (χ0) is 22.8. The summed E-state index contributed by atoms with van der Waals surface area (Å²) in [6, 6.07) is 21.0. The molecule has 6 heteroatoms. The van der Waals surface area contributed by atoms with E-state index in [9.17, 15) is 0 Å². The second-order valence-corrected chi connectivity index (χ2v) is 7.70. The second kappa shape index (κ2) is 8.51. The van der Waals surface area contributed by atoms with Gasteiger partial charge in [0.05, 0.1) is 45.6 Å². The third-order valence-electron chi connectivity index (χ3n) is 5.31. The van der Waals surface area contributed by atoms with Crippen molar-refractivity contribution in [2.75, 3.05) is 0 Å². The molecule has 0 fully saturated rings. The lowest BCUT2D eigenvalue weighted by Gasteiger charge is -2.16. The second-order valence-electron chi connectivity index (χ2n) is 7.70. The van der Waals surface area contributed by atoms with Crippen LogP contribution in [0.15, 0.2) is 91.3 Å². The van der Waals surface area contributed by atoms with E-state index in [2.05, 4.69) is 9.97 Å². The normalized spacial score (nSPS) is 13.5. The minimum absolute atomic E-state index is 0.119. The molecule has 33 heavy (non-hydrogen) atoms. The lowest BCUT2D eigenvalue weighted by Crippen LogP contribution is -2.17. The smallest absolute Gasteiger partial charge is 0.0893 e. The molecule has 0 radical (unpaired) electrons. The Labute approximate surface area is 191 Å². The molecule has 6 nitrogen and oxygen atoms in total. The summed E-state index contributed by atoms with van der Waals surface area (Å²) in [5.41, 5.74) is 7.02. The molecule has 4 aromatic rings. The fourth-order valence-corrected chi connectivity index (χ4v) is 3.59. The molecule has 0 atom stereocenters. The zero-order valence-corrected chi connectivity index (χ0v) is 17.9. The Kier molecular flexibility index (Phi) is 5.24. The molecule has 0 saturated carbocycles. The van der Waals surface area contributed by atoms with E-state index in [-0.39, 0.29) is 11.4 Å². The van der Waals surface area contributed by atoms with Crippen molar-refractivity contribution in [3.05, 3.63) is 108 Å². The number of rotatable bonds is 4. The molecule has 5 rings (SSSR count). The lowest BCUT2D eigenvalue weighted by atomic mass is 9.91. The van der Waals surface area contributed by atoms with Crippen LogP contribution in [0.1, 0.15) is 17.0 Å². The van der Waals surface area contributed by atoms with E-state index in [1.54, 1.807) is 12.3 Å². The van der Waals surface area contributed by atoms with Crippen molar-refractivity contribution in [3.63, 3.8) is 0 Å². The quantitative estimate of drug-likeness (QED) is 0.423. The van der Waals surface area contributed by atoms with Crippen molar-refractivity contribution in [2.45, 2.75) is 6.92 Å². The third kappa shape index (κ3) is 4.14. The molecule has 2 N–H and O–H groups in total. The van der Waals surface area contributed by atoms with E-state index >= 15 is 0 Å². The Balaban J connectivity index is 1.54. The molecular formula is C27H20N6. The number of aromatic nitrogens is 4. The predicted molar refractivity (Wildman–Crippen MR) is 131 cm³/mol. The number of hydrogen-bond donors (Lipinski definition) is 2. The van der Waals surface area contributed by atoms with Crippen LogP contribution in [-0.2, 0) is 0 Å². The number of nitrogens with zero attached hydrogens (tertiary/aromatic N) is 4. The van der Waals surface area contributed by atoms with Gasteiger partial charge in [0.1, 0.15) is 0 Å². The molecule has 0 bridgehead atoms. The van der Waals surface area contributed by atoms with Gasteiger partial charge in [-0.3, -0.25) is 20.8 Å². The van der Waals surface area contributed by atoms with Crippen LogP contribution < -0.4 is 0 Å². The van der Waals surface area contributed by atoms with Crippen molar-refractivity contribution in [1.29, 1.82) is 10.8 Å². The Morgan fingerprint density at radius 1 is 0.606 bits per heavy atom. The Bertz CT molecular complexity index is 1430. The summed E-state index contributed by atoms with van der Waals surface area (Å²) in [6.07, 6.45) is 7.09. The highest BCUT2D eigenvalue weighted by atomic mass is 14.8. The lowest BCUT2D eigenvalue weighted by molar-refractivity contribution is 1.21. The van der Waals surface area contributed by atoms with Gasteiger partial charge in [-0.1, -0.05) is 24.3 Å². The fourth-order valence-electron chi connectivity index (χ4n) is 3.59. The first-order chi connectivity index (χ1) is 16.1. The van der Waals surface area contributed by atoms with E-state index in [4.69, 9.17) is 20.8 Å². The van der Waals surface area contributed by atoms with E-state index in [0.717, 1.165) is 33.9 Å². The van der Waals surface area contributed by atoms with E-state index < -0.39 is 0 Å². The molecule has 0 aliphatic heterocycles. The van der Waals surface area contributed by atoms with E-state index in [1.165, 1.54) is 0 Å². The van der Waals surface area contributed by atoms with Crippen LogP contribution >= 0.6 is 0 Å². The minimum atomic E-state index is 0.119. The molecule has 1 aliphatic carbocycles. The van der Waals surface area contributed by atoms with Gasteiger partial charge in [0.2, 0.25) is 0 Å². The van der Waals surface area contributed by atoms with Crippen LogP contribution in [0.3, 0.4) is 0 Å². The third-order valence-corrected chi connectivity index (χ3v) is 5.31. The van der Waals surface area contributed by atoms with Gasteiger partial charge in [-0.2, -0.15) is 0 Å².